The van der Waals surface area contributed by atoms with Gasteiger partial charge in [-0.3, -0.25) is 9.69 Å². The van der Waals surface area contributed by atoms with Crippen molar-refractivity contribution in [2.45, 2.75) is 6.54 Å². The molecule has 170 valence electrons. The van der Waals surface area contributed by atoms with Crippen LogP contribution in [0.25, 0.3) is 10.8 Å². The van der Waals surface area contributed by atoms with Crippen molar-refractivity contribution in [2.24, 2.45) is 5.10 Å². The molecule has 1 N–H and O–H groups in total. The number of para-hydroxylation sites is 1. The maximum absolute atomic E-state index is 12.5. The Labute approximate surface area is 200 Å². The summed E-state index contributed by atoms with van der Waals surface area (Å²) in [6.07, 6.45) is 1.70. The molecule has 1 aliphatic heterocycles. The zero-order chi connectivity index (χ0) is 23.2. The van der Waals surface area contributed by atoms with Gasteiger partial charge in [-0.05, 0) is 40.6 Å². The molecule has 5 nitrogen and oxygen atoms in total. The number of hydrazone groups is 1. The number of carbonyl (C=O) groups excluding carboxylic acids is 1. The lowest BCUT2D eigenvalue weighted by Gasteiger charge is -2.36. The minimum absolute atomic E-state index is 0.209. The molecule has 0 spiro atoms. The third-order valence-corrected chi connectivity index (χ3v) is 6.31. The second-order valence-electron chi connectivity index (χ2n) is 8.56. The van der Waals surface area contributed by atoms with Crippen LogP contribution in [0.3, 0.4) is 0 Å². The number of rotatable bonds is 6. The zero-order valence-electron chi connectivity index (χ0n) is 19.1. The minimum atomic E-state index is -0.209. The summed E-state index contributed by atoms with van der Waals surface area (Å²) >= 11 is 0. The maximum Gasteiger partial charge on any atom is 0.271 e. The van der Waals surface area contributed by atoms with Gasteiger partial charge in [0.05, 0.1) is 6.21 Å². The monoisotopic (exact) mass is 448 g/mol. The molecule has 5 rings (SSSR count). The molecule has 0 aromatic heterocycles. The lowest BCUT2D eigenvalue weighted by atomic mass is 10.1. The smallest absolute Gasteiger partial charge is 0.271 e. The summed E-state index contributed by atoms with van der Waals surface area (Å²) in [6.45, 7) is 5.00. The molecule has 1 aliphatic rings. The van der Waals surface area contributed by atoms with Crippen molar-refractivity contribution in [3.8, 4) is 0 Å². The van der Waals surface area contributed by atoms with Crippen molar-refractivity contribution in [3.05, 3.63) is 114 Å². The largest absolute Gasteiger partial charge is 0.369 e. The molecule has 0 bridgehead atoms. The lowest BCUT2D eigenvalue weighted by Crippen LogP contribution is -2.45. The first-order valence-electron chi connectivity index (χ1n) is 11.7. The molecule has 0 saturated carbocycles. The van der Waals surface area contributed by atoms with Gasteiger partial charge < -0.3 is 4.90 Å². The van der Waals surface area contributed by atoms with Crippen LogP contribution < -0.4 is 10.3 Å². The average Bonchev–Trinajstić information content (AvgIpc) is 2.90. The highest BCUT2D eigenvalue weighted by atomic mass is 16.2. The van der Waals surface area contributed by atoms with Gasteiger partial charge in [0.25, 0.3) is 5.91 Å². The number of piperazine rings is 1. The summed E-state index contributed by atoms with van der Waals surface area (Å²) in [5.41, 5.74) is 6.73. The van der Waals surface area contributed by atoms with E-state index in [0.29, 0.717) is 5.56 Å². The molecule has 4 aromatic rings. The Hall–Kier alpha value is -3.96. The van der Waals surface area contributed by atoms with E-state index in [1.54, 1.807) is 6.21 Å². The first-order chi connectivity index (χ1) is 16.8. The summed E-state index contributed by atoms with van der Waals surface area (Å²) in [4.78, 5) is 17.4. The van der Waals surface area contributed by atoms with E-state index in [-0.39, 0.29) is 5.91 Å². The fourth-order valence-electron chi connectivity index (χ4n) is 4.41. The average molecular weight is 449 g/mol. The first-order valence-corrected chi connectivity index (χ1v) is 11.7. The van der Waals surface area contributed by atoms with E-state index in [1.165, 1.54) is 11.3 Å². The van der Waals surface area contributed by atoms with Crippen molar-refractivity contribution in [1.29, 1.82) is 0 Å². The maximum atomic E-state index is 12.5. The Morgan fingerprint density at radius 3 is 2.29 bits per heavy atom. The molecule has 5 heteroatoms. The fourth-order valence-corrected chi connectivity index (χ4v) is 4.41. The van der Waals surface area contributed by atoms with Crippen LogP contribution in [0.5, 0.6) is 0 Å². The molecule has 34 heavy (non-hydrogen) atoms. The van der Waals surface area contributed by atoms with Gasteiger partial charge in [-0.25, -0.2) is 5.43 Å². The number of nitrogens with one attached hydrogen (secondary N) is 1. The summed E-state index contributed by atoms with van der Waals surface area (Å²) in [5, 5.41) is 6.44. The van der Waals surface area contributed by atoms with E-state index in [1.807, 2.05) is 48.5 Å². The van der Waals surface area contributed by atoms with Gasteiger partial charge in [0, 0.05) is 49.5 Å². The van der Waals surface area contributed by atoms with Crippen molar-refractivity contribution in [2.75, 3.05) is 31.1 Å². The highest BCUT2D eigenvalue weighted by Crippen LogP contribution is 2.18. The molecule has 1 amide bonds. The lowest BCUT2D eigenvalue weighted by molar-refractivity contribution is 0.0955. The molecule has 1 fully saturated rings. The highest BCUT2D eigenvalue weighted by Gasteiger charge is 2.17. The minimum Gasteiger partial charge on any atom is -0.369 e. The number of amides is 1. The van der Waals surface area contributed by atoms with Crippen molar-refractivity contribution in [3.63, 3.8) is 0 Å². The molecule has 0 unspecified atom stereocenters. The van der Waals surface area contributed by atoms with Crippen LogP contribution >= 0.6 is 0 Å². The molecule has 1 saturated heterocycles. The molecular formula is C29H28N4O. The number of benzene rings is 4. The Morgan fingerprint density at radius 2 is 1.50 bits per heavy atom. The van der Waals surface area contributed by atoms with Crippen LogP contribution in [0.2, 0.25) is 0 Å². The fraction of sp³-hybridized carbons (Fsp3) is 0.172. The first kappa shape index (κ1) is 21.9. The summed E-state index contributed by atoms with van der Waals surface area (Å²) in [6, 6.07) is 32.6. The van der Waals surface area contributed by atoms with Gasteiger partial charge in [-0.15, -0.1) is 0 Å². The van der Waals surface area contributed by atoms with Crippen molar-refractivity contribution in [1.82, 2.24) is 10.3 Å². The normalized spacial score (nSPS) is 14.5. The van der Waals surface area contributed by atoms with Crippen molar-refractivity contribution >= 4 is 28.6 Å². The molecule has 1 heterocycles. The highest BCUT2D eigenvalue weighted by molar-refractivity contribution is 6.00. The number of anilines is 1. The van der Waals surface area contributed by atoms with Gasteiger partial charge in [-0.1, -0.05) is 72.8 Å². The predicted octanol–water partition coefficient (Wildman–Crippen LogP) is 4.93. The van der Waals surface area contributed by atoms with E-state index in [9.17, 15) is 4.79 Å². The molecule has 0 aliphatic carbocycles. The van der Waals surface area contributed by atoms with Gasteiger partial charge in [-0.2, -0.15) is 5.10 Å². The number of fused-ring (bicyclic) bond motifs is 1. The summed E-state index contributed by atoms with van der Waals surface area (Å²) in [5.74, 6) is -0.209. The quantitative estimate of drug-likeness (QED) is 0.336. The third-order valence-electron chi connectivity index (χ3n) is 6.31. The van der Waals surface area contributed by atoms with E-state index in [0.717, 1.165) is 49.1 Å². The van der Waals surface area contributed by atoms with Crippen LogP contribution in [0.1, 0.15) is 21.5 Å². The molecule has 0 atom stereocenters. The predicted molar refractivity (Wildman–Crippen MR) is 139 cm³/mol. The Bertz CT molecular complexity index is 1270. The van der Waals surface area contributed by atoms with Crippen molar-refractivity contribution < 1.29 is 4.79 Å². The van der Waals surface area contributed by atoms with E-state index in [2.05, 4.69) is 68.9 Å². The second-order valence-corrected chi connectivity index (χ2v) is 8.56. The topological polar surface area (TPSA) is 47.9 Å². The number of nitrogens with zero attached hydrogens (tertiary/aromatic N) is 3. The Morgan fingerprint density at radius 1 is 0.794 bits per heavy atom. The molecule has 4 aromatic carbocycles. The molecule has 0 radical (unpaired) electrons. The number of carbonyl (C=O) groups is 1. The SMILES string of the molecule is O=C(N/N=C\c1cccc2ccccc12)c1ccc(CN2CCN(c3ccccc3)CC2)cc1. The zero-order valence-corrected chi connectivity index (χ0v) is 19.1. The third kappa shape index (κ3) is 5.16. The van der Waals surface area contributed by atoms with Gasteiger partial charge >= 0.3 is 0 Å². The number of hydrogen-bond donors (Lipinski definition) is 1. The second kappa shape index (κ2) is 10.3. The Kier molecular flexibility index (Phi) is 6.64. The van der Waals surface area contributed by atoms with Crippen LogP contribution in [0.4, 0.5) is 5.69 Å². The summed E-state index contributed by atoms with van der Waals surface area (Å²) < 4.78 is 0. The van der Waals surface area contributed by atoms with E-state index >= 15 is 0 Å². The van der Waals surface area contributed by atoms with Gasteiger partial charge in [0.2, 0.25) is 0 Å². The van der Waals surface area contributed by atoms with E-state index in [4.69, 9.17) is 0 Å². The van der Waals surface area contributed by atoms with Gasteiger partial charge in [0.15, 0.2) is 0 Å². The molecular weight excluding hydrogens is 420 g/mol. The van der Waals surface area contributed by atoms with E-state index < -0.39 is 0 Å². The standard InChI is InChI=1S/C29H28N4O/c34-29(31-30-21-26-9-6-8-24-7-4-5-12-28(24)26)25-15-13-23(14-16-25)22-32-17-19-33(20-18-32)27-10-2-1-3-11-27/h1-16,21H,17-20,22H2,(H,31,34)/b30-21-. The van der Waals surface area contributed by atoms with Crippen LogP contribution in [0.15, 0.2) is 102 Å². The number of hydrogen-bond acceptors (Lipinski definition) is 4. The summed E-state index contributed by atoms with van der Waals surface area (Å²) in [7, 11) is 0. The van der Waals surface area contributed by atoms with Crippen LogP contribution in [-0.4, -0.2) is 43.2 Å². The Balaban J connectivity index is 1.14. The van der Waals surface area contributed by atoms with Gasteiger partial charge in [0.1, 0.15) is 0 Å². The van der Waals surface area contributed by atoms with Crippen LogP contribution in [-0.2, 0) is 6.54 Å². The van der Waals surface area contributed by atoms with Crippen LogP contribution in [0, 0.1) is 0 Å².